The average molecular weight is 688 g/mol. The molecule has 0 bridgehead atoms. The predicted octanol–water partition coefficient (Wildman–Crippen LogP) is 6.46. The Morgan fingerprint density at radius 1 is 1.07 bits per heavy atom. The Morgan fingerprint density at radius 3 is 2.50 bits per heavy atom. The fourth-order valence-corrected chi connectivity index (χ4v) is 6.45. The number of aromatic nitrogens is 1. The van der Waals surface area contributed by atoms with Crippen LogP contribution in [-0.4, -0.2) is 24.8 Å². The number of allylic oxidation sites excluding steroid dienone is 1. The highest BCUT2D eigenvalue weighted by molar-refractivity contribution is 9.10. The molecule has 3 aromatic carbocycles. The first-order valence-corrected chi connectivity index (χ1v) is 15.2. The molecule has 1 atom stereocenters. The molecule has 0 amide bonds. The van der Waals surface area contributed by atoms with E-state index in [1.807, 2.05) is 43.3 Å². The molecule has 0 saturated carbocycles. The maximum atomic E-state index is 13.9. The van der Waals surface area contributed by atoms with Gasteiger partial charge in [0.15, 0.2) is 16.3 Å². The Labute approximate surface area is 264 Å². The Kier molecular flexibility index (Phi) is 9.22. The summed E-state index contributed by atoms with van der Waals surface area (Å²) >= 11 is 17.0. The average Bonchev–Trinajstić information content (AvgIpc) is 3.31. The number of hydrogen-bond acceptors (Lipinski definition) is 7. The predicted molar refractivity (Wildman–Crippen MR) is 168 cm³/mol. The zero-order valence-corrected chi connectivity index (χ0v) is 26.7. The summed E-state index contributed by atoms with van der Waals surface area (Å²) in [6, 6.07) is 17.6. The van der Waals surface area contributed by atoms with Crippen LogP contribution in [0.2, 0.25) is 10.0 Å². The van der Waals surface area contributed by atoms with Gasteiger partial charge in [0.1, 0.15) is 6.61 Å². The van der Waals surface area contributed by atoms with Gasteiger partial charge in [0.05, 0.1) is 46.1 Å². The van der Waals surface area contributed by atoms with Crippen LogP contribution in [0.4, 0.5) is 0 Å². The number of hydrogen-bond donors (Lipinski definition) is 0. The number of nitrogens with zero attached hydrogens (tertiary/aromatic N) is 2. The maximum Gasteiger partial charge on any atom is 0.338 e. The summed E-state index contributed by atoms with van der Waals surface area (Å²) in [7, 11) is 2.88. The normalized spacial score (nSPS) is 14.8. The summed E-state index contributed by atoms with van der Waals surface area (Å²) < 4.78 is 19.5. The van der Waals surface area contributed by atoms with E-state index in [-0.39, 0.29) is 12.2 Å². The third-order valence-electron chi connectivity index (χ3n) is 6.71. The lowest BCUT2D eigenvalue weighted by Gasteiger charge is -2.25. The van der Waals surface area contributed by atoms with Crippen LogP contribution in [0.1, 0.15) is 36.1 Å². The van der Waals surface area contributed by atoms with E-state index in [4.69, 9.17) is 42.4 Å². The van der Waals surface area contributed by atoms with Crippen molar-refractivity contribution < 1.29 is 19.0 Å². The van der Waals surface area contributed by atoms with Crippen LogP contribution in [0.3, 0.4) is 0 Å². The van der Waals surface area contributed by atoms with E-state index in [0.717, 1.165) is 11.1 Å². The van der Waals surface area contributed by atoms with E-state index in [1.54, 1.807) is 42.0 Å². The standard InChI is InChI=1S/C31H25BrCl2N2O5S/c1-4-23-27(30(38)40-3)28(18-8-6-5-7-9-18)36-29(37)26(42-31(36)35-23)14-19-13-24(39-2)25(15-20(19)32)41-16-17-10-11-21(33)22(34)12-17/h5-15,28H,4,16H2,1-3H3/b26-14-/t28-/m1/s1. The van der Waals surface area contributed by atoms with Gasteiger partial charge in [-0.2, -0.15) is 0 Å². The lowest BCUT2D eigenvalue weighted by atomic mass is 9.95. The minimum absolute atomic E-state index is 0.249. The fraction of sp³-hybridized carbons (Fsp3) is 0.194. The Hall–Kier alpha value is -3.37. The zero-order chi connectivity index (χ0) is 30.0. The molecule has 216 valence electrons. The van der Waals surface area contributed by atoms with E-state index in [1.165, 1.54) is 18.4 Å². The van der Waals surface area contributed by atoms with Gasteiger partial charge in [0.2, 0.25) is 0 Å². The second kappa shape index (κ2) is 12.9. The number of carbonyl (C=O) groups excluding carboxylic acids is 1. The van der Waals surface area contributed by atoms with Crippen molar-refractivity contribution in [3.8, 4) is 11.5 Å². The van der Waals surface area contributed by atoms with Crippen molar-refractivity contribution in [3.63, 3.8) is 0 Å². The third kappa shape index (κ3) is 5.92. The zero-order valence-electron chi connectivity index (χ0n) is 22.8. The fourth-order valence-electron chi connectivity index (χ4n) is 4.68. The van der Waals surface area contributed by atoms with Gasteiger partial charge in [-0.05, 0) is 53.5 Å². The number of ether oxygens (including phenoxy) is 3. The van der Waals surface area contributed by atoms with Crippen molar-refractivity contribution in [2.24, 2.45) is 4.99 Å². The van der Waals surface area contributed by atoms with Crippen molar-refractivity contribution in [2.45, 2.75) is 26.0 Å². The largest absolute Gasteiger partial charge is 0.493 e. The minimum Gasteiger partial charge on any atom is -0.493 e. The van der Waals surface area contributed by atoms with E-state index in [0.29, 0.717) is 58.6 Å². The first-order chi connectivity index (χ1) is 20.2. The maximum absolute atomic E-state index is 13.9. The summed E-state index contributed by atoms with van der Waals surface area (Å²) in [5, 5.41) is 0.917. The molecule has 0 spiro atoms. The molecular formula is C31H25BrCl2N2O5S. The van der Waals surface area contributed by atoms with Gasteiger partial charge in [-0.25, -0.2) is 9.79 Å². The number of fused-ring (bicyclic) bond motifs is 1. The van der Waals surface area contributed by atoms with Gasteiger partial charge in [-0.3, -0.25) is 9.36 Å². The third-order valence-corrected chi connectivity index (χ3v) is 9.12. The molecule has 42 heavy (non-hydrogen) atoms. The highest BCUT2D eigenvalue weighted by atomic mass is 79.9. The molecule has 0 unspecified atom stereocenters. The van der Waals surface area contributed by atoms with E-state index in [2.05, 4.69) is 15.9 Å². The highest BCUT2D eigenvalue weighted by Gasteiger charge is 2.33. The molecule has 1 aliphatic heterocycles. The van der Waals surface area contributed by atoms with E-state index >= 15 is 0 Å². The lowest BCUT2D eigenvalue weighted by Crippen LogP contribution is -2.40. The Balaban J connectivity index is 1.57. The number of benzene rings is 3. The molecule has 0 aliphatic carbocycles. The second-order valence-corrected chi connectivity index (χ2v) is 11.9. The smallest absolute Gasteiger partial charge is 0.338 e. The monoisotopic (exact) mass is 686 g/mol. The van der Waals surface area contributed by atoms with Crippen LogP contribution in [-0.2, 0) is 16.1 Å². The van der Waals surface area contributed by atoms with Crippen molar-refractivity contribution >= 4 is 62.5 Å². The van der Waals surface area contributed by atoms with Crippen LogP contribution >= 0.6 is 50.5 Å². The topological polar surface area (TPSA) is 79.1 Å². The number of thiazole rings is 1. The van der Waals surface area contributed by atoms with Crippen LogP contribution in [0.5, 0.6) is 11.5 Å². The van der Waals surface area contributed by atoms with Crippen LogP contribution in [0, 0.1) is 0 Å². The van der Waals surface area contributed by atoms with Gasteiger partial charge in [0, 0.05) is 4.47 Å². The summed E-state index contributed by atoms with van der Waals surface area (Å²) in [5.41, 5.74) is 3.02. The molecule has 5 rings (SSSR count). The van der Waals surface area contributed by atoms with Crippen molar-refractivity contribution in [1.29, 1.82) is 0 Å². The molecular weight excluding hydrogens is 663 g/mol. The van der Waals surface area contributed by atoms with Crippen LogP contribution in [0.25, 0.3) is 6.08 Å². The Morgan fingerprint density at radius 2 is 1.83 bits per heavy atom. The van der Waals surface area contributed by atoms with Gasteiger partial charge < -0.3 is 14.2 Å². The molecule has 0 N–H and O–H groups in total. The number of methoxy groups -OCH3 is 2. The SMILES string of the molecule is CCC1=C(C(=O)OC)[C@@H](c2ccccc2)n2c(s/c(=C\c3cc(OC)c(OCc4ccc(Cl)c(Cl)c4)cc3Br)c2=O)=N1. The first kappa shape index (κ1) is 30.1. The first-order valence-electron chi connectivity index (χ1n) is 12.9. The van der Waals surface area contributed by atoms with Gasteiger partial charge >= 0.3 is 5.97 Å². The molecule has 0 radical (unpaired) electrons. The number of esters is 1. The van der Waals surface area contributed by atoms with Gasteiger partial charge in [0.25, 0.3) is 5.56 Å². The van der Waals surface area contributed by atoms with Crippen molar-refractivity contribution in [1.82, 2.24) is 4.57 Å². The van der Waals surface area contributed by atoms with Crippen LogP contribution < -0.4 is 24.4 Å². The van der Waals surface area contributed by atoms with E-state index in [9.17, 15) is 9.59 Å². The van der Waals surface area contributed by atoms with Crippen molar-refractivity contribution in [3.05, 3.63) is 123 Å². The molecule has 1 aliphatic rings. The lowest BCUT2D eigenvalue weighted by molar-refractivity contribution is -0.136. The molecule has 0 saturated heterocycles. The summed E-state index contributed by atoms with van der Waals surface area (Å²) in [6.07, 6.45) is 2.28. The summed E-state index contributed by atoms with van der Waals surface area (Å²) in [4.78, 5) is 32.1. The summed E-state index contributed by atoms with van der Waals surface area (Å²) in [5.74, 6) is 0.483. The Bertz CT molecular complexity index is 1890. The second-order valence-electron chi connectivity index (χ2n) is 9.26. The van der Waals surface area contributed by atoms with E-state index < -0.39 is 12.0 Å². The number of rotatable bonds is 8. The minimum atomic E-state index is -0.665. The molecule has 4 aromatic rings. The van der Waals surface area contributed by atoms with Crippen molar-refractivity contribution in [2.75, 3.05) is 14.2 Å². The van der Waals surface area contributed by atoms with Gasteiger partial charge in [-0.15, -0.1) is 0 Å². The molecule has 1 aromatic heterocycles. The number of halogens is 3. The molecule has 0 fully saturated rings. The quantitative estimate of drug-likeness (QED) is 0.199. The highest BCUT2D eigenvalue weighted by Crippen LogP contribution is 2.35. The molecule has 2 heterocycles. The summed E-state index contributed by atoms with van der Waals surface area (Å²) in [6.45, 7) is 2.17. The molecule has 7 nitrogen and oxygen atoms in total. The molecule has 11 heteroatoms. The number of carbonyl (C=O) groups is 1. The van der Waals surface area contributed by atoms with Gasteiger partial charge in [-0.1, -0.05) is 93.8 Å². The van der Waals surface area contributed by atoms with Crippen LogP contribution in [0.15, 0.2) is 86.2 Å².